The molecule has 0 fully saturated rings. The van der Waals surface area contributed by atoms with Gasteiger partial charge in [0.15, 0.2) is 5.76 Å². The van der Waals surface area contributed by atoms with Crippen LogP contribution in [0.25, 0.3) is 0 Å². The van der Waals surface area contributed by atoms with E-state index in [1.165, 1.54) is 0 Å². The summed E-state index contributed by atoms with van der Waals surface area (Å²) in [4.78, 5) is 20.2. The van der Waals surface area contributed by atoms with Gasteiger partial charge in [-0.1, -0.05) is 18.5 Å². The van der Waals surface area contributed by atoms with Crippen LogP contribution in [-0.4, -0.2) is 21.0 Å². The molecule has 0 spiro atoms. The fourth-order valence-corrected chi connectivity index (χ4v) is 1.90. The van der Waals surface area contributed by atoms with Gasteiger partial charge in [0.1, 0.15) is 11.5 Å². The highest BCUT2D eigenvalue weighted by atomic mass is 16.5. The first-order valence-corrected chi connectivity index (χ1v) is 6.63. The molecule has 2 aromatic rings. The van der Waals surface area contributed by atoms with Crippen LogP contribution in [0.15, 0.2) is 16.7 Å². The van der Waals surface area contributed by atoms with E-state index in [-0.39, 0.29) is 5.91 Å². The molecule has 1 N–H and O–H groups in total. The normalized spacial score (nSPS) is 10.6. The topological polar surface area (TPSA) is 80.9 Å². The number of hydrogen-bond donors (Lipinski definition) is 1. The van der Waals surface area contributed by atoms with Crippen LogP contribution >= 0.6 is 0 Å². The maximum Gasteiger partial charge on any atom is 0.270 e. The second kappa shape index (κ2) is 6.27. The van der Waals surface area contributed by atoms with E-state index in [9.17, 15) is 4.79 Å². The minimum atomic E-state index is -0.243. The Labute approximate surface area is 117 Å². The molecule has 1 amide bonds. The standard InChI is InChI=1S/C14H18N4O2/c1-4-5-11-7-12(20-18-11)8-15-14(19)13-6-9(2)16-10(3)17-13/h6-7H,4-5,8H2,1-3H3,(H,15,19). The Balaban J connectivity index is 1.97. The van der Waals surface area contributed by atoms with Gasteiger partial charge in [0.05, 0.1) is 12.2 Å². The number of hydrogen-bond acceptors (Lipinski definition) is 5. The molecular formula is C14H18N4O2. The van der Waals surface area contributed by atoms with Crippen molar-refractivity contribution >= 4 is 5.91 Å². The van der Waals surface area contributed by atoms with Gasteiger partial charge in [-0.15, -0.1) is 0 Å². The molecule has 2 rings (SSSR count). The van der Waals surface area contributed by atoms with Crippen LogP contribution in [0.5, 0.6) is 0 Å². The summed E-state index contributed by atoms with van der Waals surface area (Å²) >= 11 is 0. The predicted molar refractivity (Wildman–Crippen MR) is 73.2 cm³/mol. The summed E-state index contributed by atoms with van der Waals surface area (Å²) in [5, 5.41) is 6.70. The zero-order chi connectivity index (χ0) is 14.5. The Kier molecular flexibility index (Phi) is 4.45. The maximum absolute atomic E-state index is 12.0. The minimum Gasteiger partial charge on any atom is -0.359 e. The summed E-state index contributed by atoms with van der Waals surface area (Å²) < 4.78 is 5.15. The third-order valence-corrected chi connectivity index (χ3v) is 2.74. The molecular weight excluding hydrogens is 256 g/mol. The van der Waals surface area contributed by atoms with E-state index in [0.29, 0.717) is 23.8 Å². The van der Waals surface area contributed by atoms with E-state index in [1.807, 2.05) is 13.0 Å². The summed E-state index contributed by atoms with van der Waals surface area (Å²) in [5.41, 5.74) is 2.04. The monoisotopic (exact) mass is 274 g/mol. The van der Waals surface area contributed by atoms with E-state index in [1.54, 1.807) is 13.0 Å². The molecule has 6 heteroatoms. The number of aryl methyl sites for hydroxylation is 3. The molecule has 2 aromatic heterocycles. The van der Waals surface area contributed by atoms with Crippen LogP contribution in [0.4, 0.5) is 0 Å². The number of nitrogens with one attached hydrogen (secondary N) is 1. The maximum atomic E-state index is 12.0. The van der Waals surface area contributed by atoms with Crippen LogP contribution < -0.4 is 5.32 Å². The van der Waals surface area contributed by atoms with Crippen LogP contribution in [0.1, 0.15) is 46.8 Å². The highest BCUT2D eigenvalue weighted by Gasteiger charge is 2.10. The van der Waals surface area contributed by atoms with Gasteiger partial charge in [-0.3, -0.25) is 4.79 Å². The van der Waals surface area contributed by atoms with Crippen molar-refractivity contribution in [1.29, 1.82) is 0 Å². The SMILES string of the molecule is CCCc1cc(CNC(=O)c2cc(C)nc(C)n2)on1. The largest absolute Gasteiger partial charge is 0.359 e. The second-order valence-corrected chi connectivity index (χ2v) is 4.66. The number of carbonyl (C=O) groups excluding carboxylic acids is 1. The fourth-order valence-electron chi connectivity index (χ4n) is 1.90. The Morgan fingerprint density at radius 2 is 2.10 bits per heavy atom. The molecule has 0 aliphatic heterocycles. The van der Waals surface area contributed by atoms with Crippen LogP contribution in [0.2, 0.25) is 0 Å². The van der Waals surface area contributed by atoms with Gasteiger partial charge in [0.2, 0.25) is 0 Å². The first kappa shape index (κ1) is 14.2. The molecule has 0 aliphatic rings. The Bertz CT molecular complexity index is 587. The summed E-state index contributed by atoms with van der Waals surface area (Å²) in [5.74, 6) is 0.983. The quantitative estimate of drug-likeness (QED) is 0.901. The molecule has 6 nitrogen and oxygen atoms in total. The Hall–Kier alpha value is -2.24. The van der Waals surface area contributed by atoms with Crippen LogP contribution in [0.3, 0.4) is 0 Å². The first-order chi connectivity index (χ1) is 9.58. The van der Waals surface area contributed by atoms with Crippen molar-refractivity contribution in [2.45, 2.75) is 40.2 Å². The van der Waals surface area contributed by atoms with Gasteiger partial charge in [-0.2, -0.15) is 0 Å². The summed E-state index contributed by atoms with van der Waals surface area (Å²) in [6.07, 6.45) is 1.89. The smallest absolute Gasteiger partial charge is 0.270 e. The molecule has 0 aromatic carbocycles. The van der Waals surface area contributed by atoms with E-state index in [4.69, 9.17) is 4.52 Å². The second-order valence-electron chi connectivity index (χ2n) is 4.66. The number of carbonyl (C=O) groups is 1. The predicted octanol–water partition coefficient (Wildman–Crippen LogP) is 1.96. The fraction of sp³-hybridized carbons (Fsp3) is 0.429. The lowest BCUT2D eigenvalue weighted by molar-refractivity contribution is 0.0941. The van der Waals surface area contributed by atoms with Gasteiger partial charge in [-0.05, 0) is 26.3 Å². The van der Waals surface area contributed by atoms with E-state index in [0.717, 1.165) is 24.2 Å². The third-order valence-electron chi connectivity index (χ3n) is 2.74. The highest BCUT2D eigenvalue weighted by molar-refractivity contribution is 5.92. The van der Waals surface area contributed by atoms with Gasteiger partial charge in [0, 0.05) is 11.8 Å². The minimum absolute atomic E-state index is 0.243. The Morgan fingerprint density at radius 3 is 2.80 bits per heavy atom. The van der Waals surface area contributed by atoms with E-state index in [2.05, 4.69) is 27.4 Å². The average Bonchev–Trinajstić information content (AvgIpc) is 2.83. The van der Waals surface area contributed by atoms with Gasteiger partial charge >= 0.3 is 0 Å². The zero-order valence-electron chi connectivity index (χ0n) is 11.9. The van der Waals surface area contributed by atoms with Gasteiger partial charge in [0.25, 0.3) is 5.91 Å². The molecule has 0 saturated carbocycles. The molecule has 106 valence electrons. The number of amides is 1. The molecule has 0 saturated heterocycles. The first-order valence-electron chi connectivity index (χ1n) is 6.63. The van der Waals surface area contributed by atoms with Gasteiger partial charge in [-0.25, -0.2) is 9.97 Å². The molecule has 0 unspecified atom stereocenters. The van der Waals surface area contributed by atoms with Crippen molar-refractivity contribution in [3.63, 3.8) is 0 Å². The molecule has 0 bridgehead atoms. The van der Waals surface area contributed by atoms with Crippen molar-refractivity contribution in [3.05, 3.63) is 40.8 Å². The summed E-state index contributed by atoms with van der Waals surface area (Å²) in [7, 11) is 0. The van der Waals surface area contributed by atoms with Crippen molar-refractivity contribution in [2.75, 3.05) is 0 Å². The summed E-state index contributed by atoms with van der Waals surface area (Å²) in [6.45, 7) is 5.98. The lowest BCUT2D eigenvalue weighted by atomic mass is 10.2. The average molecular weight is 274 g/mol. The third kappa shape index (κ3) is 3.63. The number of aromatic nitrogens is 3. The lowest BCUT2D eigenvalue weighted by Gasteiger charge is -2.03. The molecule has 2 heterocycles. The van der Waals surface area contributed by atoms with E-state index >= 15 is 0 Å². The highest BCUT2D eigenvalue weighted by Crippen LogP contribution is 2.06. The van der Waals surface area contributed by atoms with Gasteiger partial charge < -0.3 is 9.84 Å². The lowest BCUT2D eigenvalue weighted by Crippen LogP contribution is -2.24. The Morgan fingerprint density at radius 1 is 1.30 bits per heavy atom. The van der Waals surface area contributed by atoms with E-state index < -0.39 is 0 Å². The molecule has 0 aliphatic carbocycles. The molecule has 0 atom stereocenters. The van der Waals surface area contributed by atoms with Crippen molar-refractivity contribution in [1.82, 2.24) is 20.4 Å². The zero-order valence-corrected chi connectivity index (χ0v) is 11.9. The molecule has 20 heavy (non-hydrogen) atoms. The van der Waals surface area contributed by atoms with Crippen LogP contribution in [-0.2, 0) is 13.0 Å². The van der Waals surface area contributed by atoms with Crippen LogP contribution in [0, 0.1) is 13.8 Å². The number of rotatable bonds is 5. The summed E-state index contributed by atoms with van der Waals surface area (Å²) in [6, 6.07) is 3.52. The van der Waals surface area contributed by atoms with Crippen molar-refractivity contribution in [3.8, 4) is 0 Å². The number of nitrogens with zero attached hydrogens (tertiary/aromatic N) is 3. The van der Waals surface area contributed by atoms with Crippen molar-refractivity contribution < 1.29 is 9.32 Å². The molecule has 0 radical (unpaired) electrons. The van der Waals surface area contributed by atoms with Crippen molar-refractivity contribution in [2.24, 2.45) is 0 Å².